The Morgan fingerprint density at radius 3 is 2.61 bits per heavy atom. The highest BCUT2D eigenvalue weighted by atomic mass is 32.2. The second kappa shape index (κ2) is 5.27. The lowest BCUT2D eigenvalue weighted by molar-refractivity contribution is 0.347. The Bertz CT molecular complexity index is 503. The number of aromatic nitrogens is 2. The highest BCUT2D eigenvalue weighted by Gasteiger charge is 2.29. The number of nitrogens with zero attached hydrogens (tertiary/aromatic N) is 3. The molecular formula is C11H20N4O2S. The van der Waals surface area contributed by atoms with Crippen molar-refractivity contribution in [3.63, 3.8) is 0 Å². The third-order valence-electron chi connectivity index (χ3n) is 3.14. The van der Waals surface area contributed by atoms with Crippen LogP contribution >= 0.6 is 0 Å². The van der Waals surface area contributed by atoms with E-state index in [0.717, 1.165) is 25.7 Å². The lowest BCUT2D eigenvalue weighted by atomic mass is 10.2. The zero-order chi connectivity index (χ0) is 13.2. The predicted molar refractivity (Wildman–Crippen MR) is 69.5 cm³/mol. The summed E-state index contributed by atoms with van der Waals surface area (Å²) in [7, 11) is -3.47. The average molecular weight is 272 g/mol. The van der Waals surface area contributed by atoms with E-state index in [1.165, 1.54) is 4.31 Å². The molecule has 0 spiro atoms. The highest BCUT2D eigenvalue weighted by Crippen LogP contribution is 2.24. The minimum atomic E-state index is -3.47. The van der Waals surface area contributed by atoms with E-state index in [0.29, 0.717) is 19.6 Å². The van der Waals surface area contributed by atoms with Crippen molar-refractivity contribution in [2.24, 2.45) is 0 Å². The number of rotatable bonds is 4. The molecule has 6 nitrogen and oxygen atoms in total. The standard InChI is InChI=1S/C11H20N4O2S/c1-2-6-14-9-10(11(12)13-14)18(16,17)15-7-4-3-5-8-15/h9H,2-8H2,1H3,(H2,12,13). The highest BCUT2D eigenvalue weighted by molar-refractivity contribution is 7.89. The number of piperidine rings is 1. The summed E-state index contributed by atoms with van der Waals surface area (Å²) in [5.41, 5.74) is 5.73. The molecule has 1 aliphatic heterocycles. The summed E-state index contributed by atoms with van der Waals surface area (Å²) in [4.78, 5) is 0.151. The Hall–Kier alpha value is -1.08. The molecule has 2 rings (SSSR count). The molecule has 0 radical (unpaired) electrons. The van der Waals surface area contributed by atoms with Crippen LogP contribution < -0.4 is 5.73 Å². The lowest BCUT2D eigenvalue weighted by Gasteiger charge is -2.25. The van der Waals surface area contributed by atoms with E-state index in [1.807, 2.05) is 6.92 Å². The maximum absolute atomic E-state index is 12.4. The zero-order valence-corrected chi connectivity index (χ0v) is 11.5. The topological polar surface area (TPSA) is 81.2 Å². The fourth-order valence-electron chi connectivity index (χ4n) is 2.20. The van der Waals surface area contributed by atoms with E-state index in [1.54, 1.807) is 10.9 Å². The van der Waals surface area contributed by atoms with Gasteiger partial charge in [-0.25, -0.2) is 8.42 Å². The summed E-state index contributed by atoms with van der Waals surface area (Å²) < 4.78 is 28.0. The lowest BCUT2D eigenvalue weighted by Crippen LogP contribution is -2.35. The van der Waals surface area contributed by atoms with Crippen LogP contribution in [-0.4, -0.2) is 35.6 Å². The van der Waals surface area contributed by atoms with Crippen LogP contribution in [0.15, 0.2) is 11.1 Å². The third-order valence-corrected chi connectivity index (χ3v) is 5.06. The predicted octanol–water partition coefficient (Wildman–Crippen LogP) is 1.05. The van der Waals surface area contributed by atoms with Crippen molar-refractivity contribution in [3.8, 4) is 0 Å². The summed E-state index contributed by atoms with van der Waals surface area (Å²) in [5, 5.41) is 4.05. The van der Waals surface area contributed by atoms with E-state index in [4.69, 9.17) is 5.73 Å². The van der Waals surface area contributed by atoms with Crippen molar-refractivity contribution < 1.29 is 8.42 Å². The normalized spacial score (nSPS) is 18.1. The molecule has 1 aromatic heterocycles. The van der Waals surface area contributed by atoms with Crippen LogP contribution in [0.25, 0.3) is 0 Å². The number of nitrogens with two attached hydrogens (primary N) is 1. The first kappa shape index (κ1) is 13.4. The van der Waals surface area contributed by atoms with Crippen molar-refractivity contribution in [2.75, 3.05) is 18.8 Å². The number of nitrogen functional groups attached to an aromatic ring is 1. The van der Waals surface area contributed by atoms with E-state index < -0.39 is 10.0 Å². The molecule has 1 saturated heterocycles. The molecule has 102 valence electrons. The van der Waals surface area contributed by atoms with Crippen LogP contribution in [0.3, 0.4) is 0 Å². The van der Waals surface area contributed by atoms with Crippen molar-refractivity contribution in [1.29, 1.82) is 0 Å². The first-order chi connectivity index (χ1) is 8.55. The minimum Gasteiger partial charge on any atom is -0.381 e. The van der Waals surface area contributed by atoms with Crippen LogP contribution in [0.4, 0.5) is 5.82 Å². The average Bonchev–Trinajstić information content (AvgIpc) is 2.73. The Labute approximate surface area is 108 Å². The smallest absolute Gasteiger partial charge is 0.248 e. The molecule has 0 saturated carbocycles. The Morgan fingerprint density at radius 1 is 1.33 bits per heavy atom. The monoisotopic (exact) mass is 272 g/mol. The fraction of sp³-hybridized carbons (Fsp3) is 0.727. The molecule has 0 bridgehead atoms. The molecule has 0 amide bonds. The molecular weight excluding hydrogens is 252 g/mol. The van der Waals surface area contributed by atoms with Crippen LogP contribution in [0.2, 0.25) is 0 Å². The molecule has 18 heavy (non-hydrogen) atoms. The quantitative estimate of drug-likeness (QED) is 0.888. The Morgan fingerprint density at radius 2 is 2.00 bits per heavy atom. The summed E-state index contributed by atoms with van der Waals surface area (Å²) in [5.74, 6) is 0.106. The Kier molecular flexibility index (Phi) is 3.91. The largest absolute Gasteiger partial charge is 0.381 e. The molecule has 0 atom stereocenters. The van der Waals surface area contributed by atoms with E-state index in [2.05, 4.69) is 5.10 Å². The first-order valence-electron chi connectivity index (χ1n) is 6.38. The van der Waals surface area contributed by atoms with Gasteiger partial charge in [-0.2, -0.15) is 9.40 Å². The first-order valence-corrected chi connectivity index (χ1v) is 7.83. The van der Waals surface area contributed by atoms with Gasteiger partial charge in [-0.05, 0) is 19.3 Å². The van der Waals surface area contributed by atoms with Gasteiger partial charge in [0, 0.05) is 25.8 Å². The van der Waals surface area contributed by atoms with Gasteiger partial charge >= 0.3 is 0 Å². The Balaban J connectivity index is 2.28. The van der Waals surface area contributed by atoms with Gasteiger partial charge in [0.15, 0.2) is 5.82 Å². The molecule has 2 N–H and O–H groups in total. The van der Waals surface area contributed by atoms with Crippen LogP contribution in [-0.2, 0) is 16.6 Å². The number of anilines is 1. The molecule has 0 aliphatic carbocycles. The molecule has 1 aromatic rings. The minimum absolute atomic E-state index is 0.106. The molecule has 7 heteroatoms. The van der Waals surface area contributed by atoms with Crippen LogP contribution in [0.5, 0.6) is 0 Å². The molecule has 1 fully saturated rings. The SMILES string of the molecule is CCCn1cc(S(=O)(=O)N2CCCCC2)c(N)n1. The van der Waals surface area contributed by atoms with Gasteiger partial charge in [0.1, 0.15) is 4.90 Å². The van der Waals surface area contributed by atoms with Gasteiger partial charge in [-0.1, -0.05) is 13.3 Å². The van der Waals surface area contributed by atoms with Gasteiger partial charge in [0.2, 0.25) is 10.0 Å². The van der Waals surface area contributed by atoms with Gasteiger partial charge in [0.05, 0.1) is 0 Å². The number of aryl methyl sites for hydroxylation is 1. The second-order valence-corrected chi connectivity index (χ2v) is 6.51. The van der Waals surface area contributed by atoms with Gasteiger partial charge < -0.3 is 5.73 Å². The summed E-state index contributed by atoms with van der Waals surface area (Å²) >= 11 is 0. The summed E-state index contributed by atoms with van der Waals surface area (Å²) in [6.07, 6.45) is 5.37. The summed E-state index contributed by atoms with van der Waals surface area (Å²) in [6, 6.07) is 0. The van der Waals surface area contributed by atoms with E-state index in [-0.39, 0.29) is 10.7 Å². The van der Waals surface area contributed by atoms with E-state index >= 15 is 0 Å². The maximum Gasteiger partial charge on any atom is 0.248 e. The van der Waals surface area contributed by atoms with E-state index in [9.17, 15) is 8.42 Å². The molecule has 0 unspecified atom stereocenters. The third kappa shape index (κ3) is 2.51. The number of sulfonamides is 1. The molecule has 0 aromatic carbocycles. The van der Waals surface area contributed by atoms with Crippen molar-refractivity contribution >= 4 is 15.8 Å². The second-order valence-electron chi connectivity index (χ2n) is 4.61. The van der Waals surface area contributed by atoms with Crippen LogP contribution in [0.1, 0.15) is 32.6 Å². The van der Waals surface area contributed by atoms with Gasteiger partial charge in [-0.3, -0.25) is 4.68 Å². The van der Waals surface area contributed by atoms with Crippen molar-refractivity contribution in [1.82, 2.24) is 14.1 Å². The van der Waals surface area contributed by atoms with Gasteiger partial charge in [-0.15, -0.1) is 0 Å². The van der Waals surface area contributed by atoms with Crippen LogP contribution in [0, 0.1) is 0 Å². The van der Waals surface area contributed by atoms with Crippen molar-refractivity contribution in [2.45, 2.75) is 44.0 Å². The molecule has 1 aliphatic rings. The van der Waals surface area contributed by atoms with Gasteiger partial charge in [0.25, 0.3) is 0 Å². The molecule has 2 heterocycles. The number of hydrogen-bond donors (Lipinski definition) is 1. The fourth-order valence-corrected chi connectivity index (χ4v) is 3.78. The number of hydrogen-bond acceptors (Lipinski definition) is 4. The van der Waals surface area contributed by atoms with Crippen molar-refractivity contribution in [3.05, 3.63) is 6.20 Å². The maximum atomic E-state index is 12.4. The summed E-state index contributed by atoms with van der Waals surface area (Å²) in [6.45, 7) is 3.86. The zero-order valence-electron chi connectivity index (χ0n) is 10.7.